The highest BCUT2D eigenvalue weighted by Crippen LogP contribution is 2.24. The SMILES string of the molecule is Cc1ccc(O)c(C(=O)Nc2cc(Br)ccc2C#N)c1. The van der Waals surface area contributed by atoms with E-state index in [9.17, 15) is 9.90 Å². The quantitative estimate of drug-likeness (QED) is 0.883. The second-order valence-electron chi connectivity index (χ2n) is 4.28. The molecule has 0 aliphatic carbocycles. The number of benzene rings is 2. The zero-order chi connectivity index (χ0) is 14.7. The fourth-order valence-corrected chi connectivity index (χ4v) is 2.10. The molecule has 0 radical (unpaired) electrons. The number of nitrogens with zero attached hydrogens (tertiary/aromatic N) is 1. The number of phenolic OH excluding ortho intramolecular Hbond substituents is 1. The first kappa shape index (κ1) is 14.1. The van der Waals surface area contributed by atoms with Gasteiger partial charge in [-0.2, -0.15) is 5.26 Å². The summed E-state index contributed by atoms with van der Waals surface area (Å²) in [7, 11) is 0. The number of phenols is 1. The van der Waals surface area contributed by atoms with E-state index in [0.29, 0.717) is 11.3 Å². The van der Waals surface area contributed by atoms with Crippen molar-refractivity contribution in [1.82, 2.24) is 0 Å². The van der Waals surface area contributed by atoms with Crippen molar-refractivity contribution >= 4 is 27.5 Å². The molecule has 5 heteroatoms. The average Bonchev–Trinajstić information content (AvgIpc) is 2.41. The largest absolute Gasteiger partial charge is 0.507 e. The van der Waals surface area contributed by atoms with Crippen LogP contribution in [0.3, 0.4) is 0 Å². The number of aromatic hydroxyl groups is 1. The van der Waals surface area contributed by atoms with Crippen LogP contribution in [0.25, 0.3) is 0 Å². The van der Waals surface area contributed by atoms with Gasteiger partial charge in [0, 0.05) is 4.47 Å². The second-order valence-corrected chi connectivity index (χ2v) is 5.19. The standard InChI is InChI=1S/C15H11BrN2O2/c1-9-2-5-14(19)12(6-9)15(20)18-13-7-11(16)4-3-10(13)8-17/h2-7,19H,1H3,(H,18,20). The Labute approximate surface area is 124 Å². The first-order chi connectivity index (χ1) is 9.51. The maximum absolute atomic E-state index is 12.2. The van der Waals surface area contributed by atoms with Crippen molar-refractivity contribution in [3.8, 4) is 11.8 Å². The molecule has 2 aromatic carbocycles. The summed E-state index contributed by atoms with van der Waals surface area (Å²) in [6.07, 6.45) is 0. The van der Waals surface area contributed by atoms with Crippen LogP contribution in [0.5, 0.6) is 5.75 Å². The Bertz CT molecular complexity index is 720. The lowest BCUT2D eigenvalue weighted by Gasteiger charge is -2.09. The summed E-state index contributed by atoms with van der Waals surface area (Å²) in [5, 5.41) is 21.4. The molecule has 4 nitrogen and oxygen atoms in total. The Morgan fingerprint density at radius 1 is 1.30 bits per heavy atom. The Morgan fingerprint density at radius 2 is 2.05 bits per heavy atom. The number of hydrogen-bond donors (Lipinski definition) is 2. The Kier molecular flexibility index (Phi) is 4.06. The van der Waals surface area contributed by atoms with E-state index in [4.69, 9.17) is 5.26 Å². The van der Waals surface area contributed by atoms with E-state index in [1.54, 1.807) is 30.3 Å². The number of anilines is 1. The topological polar surface area (TPSA) is 73.1 Å². The van der Waals surface area contributed by atoms with Gasteiger partial charge < -0.3 is 10.4 Å². The van der Waals surface area contributed by atoms with Gasteiger partial charge in [0.25, 0.3) is 5.91 Å². The van der Waals surface area contributed by atoms with Gasteiger partial charge in [0.1, 0.15) is 11.8 Å². The minimum atomic E-state index is -0.458. The summed E-state index contributed by atoms with van der Waals surface area (Å²) in [5.74, 6) is -0.553. The molecular formula is C15H11BrN2O2. The van der Waals surface area contributed by atoms with E-state index >= 15 is 0 Å². The van der Waals surface area contributed by atoms with E-state index < -0.39 is 5.91 Å². The molecule has 2 N–H and O–H groups in total. The average molecular weight is 331 g/mol. The van der Waals surface area contributed by atoms with Crippen molar-refractivity contribution in [2.75, 3.05) is 5.32 Å². The van der Waals surface area contributed by atoms with E-state index in [1.807, 2.05) is 13.0 Å². The third-order valence-corrected chi connectivity index (χ3v) is 3.24. The zero-order valence-electron chi connectivity index (χ0n) is 10.6. The molecule has 0 aliphatic rings. The van der Waals surface area contributed by atoms with Crippen molar-refractivity contribution < 1.29 is 9.90 Å². The van der Waals surface area contributed by atoms with Crippen LogP contribution in [-0.2, 0) is 0 Å². The molecule has 20 heavy (non-hydrogen) atoms. The van der Waals surface area contributed by atoms with Gasteiger partial charge in [-0.25, -0.2) is 0 Å². The van der Waals surface area contributed by atoms with Gasteiger partial charge in [0.15, 0.2) is 0 Å². The highest BCUT2D eigenvalue weighted by atomic mass is 79.9. The molecule has 2 aromatic rings. The number of halogens is 1. The number of aryl methyl sites for hydroxylation is 1. The molecule has 0 aliphatic heterocycles. The van der Waals surface area contributed by atoms with Crippen LogP contribution in [0.2, 0.25) is 0 Å². The maximum atomic E-state index is 12.2. The van der Waals surface area contributed by atoms with Gasteiger partial charge in [-0.05, 0) is 37.3 Å². The van der Waals surface area contributed by atoms with Gasteiger partial charge in [0.2, 0.25) is 0 Å². The van der Waals surface area contributed by atoms with E-state index in [1.165, 1.54) is 6.07 Å². The van der Waals surface area contributed by atoms with Crippen LogP contribution in [0.1, 0.15) is 21.5 Å². The molecule has 0 saturated heterocycles. The van der Waals surface area contributed by atoms with Crippen molar-refractivity contribution in [3.63, 3.8) is 0 Å². The minimum absolute atomic E-state index is 0.0957. The molecule has 0 saturated carbocycles. The lowest BCUT2D eigenvalue weighted by Crippen LogP contribution is -2.13. The highest BCUT2D eigenvalue weighted by molar-refractivity contribution is 9.10. The van der Waals surface area contributed by atoms with E-state index in [2.05, 4.69) is 21.2 Å². The number of amides is 1. The summed E-state index contributed by atoms with van der Waals surface area (Å²) in [4.78, 5) is 12.2. The van der Waals surface area contributed by atoms with E-state index in [-0.39, 0.29) is 11.3 Å². The normalized spacial score (nSPS) is 9.85. The fourth-order valence-electron chi connectivity index (χ4n) is 1.74. The van der Waals surface area contributed by atoms with Crippen LogP contribution in [0.15, 0.2) is 40.9 Å². The molecule has 0 fully saturated rings. The fraction of sp³-hybridized carbons (Fsp3) is 0.0667. The molecule has 0 spiro atoms. The Morgan fingerprint density at radius 3 is 2.75 bits per heavy atom. The van der Waals surface area contributed by atoms with Crippen molar-refractivity contribution in [2.24, 2.45) is 0 Å². The summed E-state index contributed by atoms with van der Waals surface area (Å²) >= 11 is 3.29. The van der Waals surface area contributed by atoms with Crippen molar-refractivity contribution in [1.29, 1.82) is 5.26 Å². The number of carbonyl (C=O) groups excluding carboxylic acids is 1. The maximum Gasteiger partial charge on any atom is 0.259 e. The van der Waals surface area contributed by atoms with Gasteiger partial charge in [-0.15, -0.1) is 0 Å². The third kappa shape index (κ3) is 2.98. The number of carbonyl (C=O) groups is 1. The first-order valence-corrected chi connectivity index (χ1v) is 6.61. The van der Waals surface area contributed by atoms with Crippen LogP contribution < -0.4 is 5.32 Å². The number of rotatable bonds is 2. The van der Waals surface area contributed by atoms with Crippen LogP contribution in [0, 0.1) is 18.3 Å². The van der Waals surface area contributed by atoms with Gasteiger partial charge in [-0.3, -0.25) is 4.79 Å². The smallest absolute Gasteiger partial charge is 0.259 e. The lowest BCUT2D eigenvalue weighted by molar-refractivity contribution is 0.102. The molecular weight excluding hydrogens is 320 g/mol. The summed E-state index contributed by atoms with van der Waals surface area (Å²) in [6.45, 7) is 1.83. The van der Waals surface area contributed by atoms with Gasteiger partial charge in [0.05, 0.1) is 16.8 Å². The summed E-state index contributed by atoms with van der Waals surface area (Å²) < 4.78 is 0.750. The monoisotopic (exact) mass is 330 g/mol. The van der Waals surface area contributed by atoms with Crippen LogP contribution >= 0.6 is 15.9 Å². The zero-order valence-corrected chi connectivity index (χ0v) is 12.2. The predicted molar refractivity (Wildman–Crippen MR) is 79.7 cm³/mol. The number of nitrogens with one attached hydrogen (secondary N) is 1. The molecule has 1 amide bonds. The van der Waals surface area contributed by atoms with Crippen molar-refractivity contribution in [3.05, 3.63) is 57.6 Å². The highest BCUT2D eigenvalue weighted by Gasteiger charge is 2.13. The summed E-state index contributed by atoms with van der Waals surface area (Å²) in [5.41, 5.74) is 1.79. The Balaban J connectivity index is 2.35. The van der Waals surface area contributed by atoms with Crippen LogP contribution in [0.4, 0.5) is 5.69 Å². The lowest BCUT2D eigenvalue weighted by atomic mass is 10.1. The predicted octanol–water partition coefficient (Wildman–Crippen LogP) is 3.59. The minimum Gasteiger partial charge on any atom is -0.507 e. The third-order valence-electron chi connectivity index (χ3n) is 2.75. The molecule has 0 aromatic heterocycles. The van der Waals surface area contributed by atoms with Crippen LogP contribution in [-0.4, -0.2) is 11.0 Å². The molecule has 2 rings (SSSR count). The number of nitriles is 1. The van der Waals surface area contributed by atoms with Crippen molar-refractivity contribution in [2.45, 2.75) is 6.92 Å². The second kappa shape index (κ2) is 5.76. The summed E-state index contributed by atoms with van der Waals surface area (Å²) in [6, 6.07) is 11.8. The Hall–Kier alpha value is -2.32. The molecule has 0 heterocycles. The van der Waals surface area contributed by atoms with Gasteiger partial charge >= 0.3 is 0 Å². The molecule has 0 unspecified atom stereocenters. The van der Waals surface area contributed by atoms with E-state index in [0.717, 1.165) is 10.0 Å². The number of hydrogen-bond acceptors (Lipinski definition) is 3. The molecule has 100 valence electrons. The van der Waals surface area contributed by atoms with Gasteiger partial charge in [-0.1, -0.05) is 27.6 Å². The first-order valence-electron chi connectivity index (χ1n) is 5.82. The molecule has 0 bridgehead atoms. The molecule has 0 atom stereocenters.